The Balaban J connectivity index is 3.38. The van der Waals surface area contributed by atoms with Crippen molar-refractivity contribution in [3.05, 3.63) is 23.3 Å². The molecule has 5 nitrogen and oxygen atoms in total. The fourth-order valence-corrected chi connectivity index (χ4v) is 2.09. The van der Waals surface area contributed by atoms with E-state index in [1.165, 1.54) is 28.3 Å². The van der Waals surface area contributed by atoms with Gasteiger partial charge in [0.15, 0.2) is 23.1 Å². The molecule has 0 aliphatic carbocycles. The van der Waals surface area contributed by atoms with Crippen molar-refractivity contribution in [2.75, 3.05) is 21.3 Å². The van der Waals surface area contributed by atoms with Crippen LogP contribution in [0.2, 0.25) is 0 Å². The Bertz CT molecular complexity index is 562. The van der Waals surface area contributed by atoms with Gasteiger partial charge in [-0.05, 0) is 37.1 Å². The van der Waals surface area contributed by atoms with Crippen LogP contribution in [0.3, 0.4) is 0 Å². The SMILES string of the molecule is CCCC(=O)C(=Cc1cc(OC)c(OC)c(OC)c1)C(C)=O. The van der Waals surface area contributed by atoms with Crippen molar-refractivity contribution < 1.29 is 23.8 Å². The average molecular weight is 306 g/mol. The molecule has 0 fully saturated rings. The molecule has 0 heterocycles. The second kappa shape index (κ2) is 8.22. The van der Waals surface area contributed by atoms with E-state index in [0.29, 0.717) is 35.7 Å². The van der Waals surface area contributed by atoms with Gasteiger partial charge in [-0.3, -0.25) is 9.59 Å². The van der Waals surface area contributed by atoms with Gasteiger partial charge in [0.25, 0.3) is 0 Å². The van der Waals surface area contributed by atoms with Crippen molar-refractivity contribution in [1.82, 2.24) is 0 Å². The summed E-state index contributed by atoms with van der Waals surface area (Å²) in [5.74, 6) is 0.986. The Kier molecular flexibility index (Phi) is 6.63. The molecular weight excluding hydrogens is 284 g/mol. The molecule has 0 radical (unpaired) electrons. The van der Waals surface area contributed by atoms with Gasteiger partial charge in [0.05, 0.1) is 26.9 Å². The van der Waals surface area contributed by atoms with Gasteiger partial charge in [-0.15, -0.1) is 0 Å². The van der Waals surface area contributed by atoms with Crippen molar-refractivity contribution in [2.45, 2.75) is 26.7 Å². The second-order valence-electron chi connectivity index (χ2n) is 4.75. The minimum absolute atomic E-state index is 0.163. The number of rotatable bonds is 8. The van der Waals surface area contributed by atoms with E-state index in [1.807, 2.05) is 6.92 Å². The van der Waals surface area contributed by atoms with Crippen molar-refractivity contribution in [3.8, 4) is 17.2 Å². The molecule has 1 rings (SSSR count). The maximum Gasteiger partial charge on any atom is 0.203 e. The lowest BCUT2D eigenvalue weighted by atomic mass is 10.0. The molecule has 0 saturated heterocycles. The Morgan fingerprint density at radius 3 is 1.95 bits per heavy atom. The number of ether oxygens (including phenoxy) is 3. The molecule has 0 aromatic heterocycles. The van der Waals surface area contributed by atoms with Gasteiger partial charge in [-0.1, -0.05) is 6.92 Å². The summed E-state index contributed by atoms with van der Waals surface area (Å²) in [6.07, 6.45) is 2.60. The van der Waals surface area contributed by atoms with E-state index in [4.69, 9.17) is 14.2 Å². The van der Waals surface area contributed by atoms with Gasteiger partial charge < -0.3 is 14.2 Å². The maximum atomic E-state index is 12.0. The molecule has 0 N–H and O–H groups in total. The Labute approximate surface area is 130 Å². The number of Topliss-reactive ketones (excluding diaryl/α,β-unsaturated/α-hetero) is 2. The first-order valence-corrected chi connectivity index (χ1v) is 7.04. The predicted octanol–water partition coefficient (Wildman–Crippen LogP) is 3.05. The molecule has 0 saturated carbocycles. The zero-order valence-corrected chi connectivity index (χ0v) is 13.7. The molecule has 1 aromatic carbocycles. The molecule has 0 aliphatic heterocycles. The third kappa shape index (κ3) is 4.10. The summed E-state index contributed by atoms with van der Waals surface area (Å²) in [5.41, 5.74) is 0.820. The quantitative estimate of drug-likeness (QED) is 0.419. The lowest BCUT2D eigenvalue weighted by Crippen LogP contribution is -2.09. The first-order valence-electron chi connectivity index (χ1n) is 7.04. The second-order valence-corrected chi connectivity index (χ2v) is 4.75. The molecule has 1 aromatic rings. The topological polar surface area (TPSA) is 61.8 Å². The molecule has 0 aliphatic rings. The first-order chi connectivity index (χ1) is 10.5. The lowest BCUT2D eigenvalue weighted by molar-refractivity contribution is -0.120. The Morgan fingerprint density at radius 1 is 1.05 bits per heavy atom. The predicted molar refractivity (Wildman–Crippen MR) is 84.7 cm³/mol. The number of hydrogen-bond acceptors (Lipinski definition) is 5. The van der Waals surface area contributed by atoms with Crippen molar-refractivity contribution in [2.24, 2.45) is 0 Å². The highest BCUT2D eigenvalue weighted by Crippen LogP contribution is 2.38. The van der Waals surface area contributed by atoms with E-state index >= 15 is 0 Å². The van der Waals surface area contributed by atoms with Crippen LogP contribution in [-0.4, -0.2) is 32.9 Å². The fourth-order valence-electron chi connectivity index (χ4n) is 2.09. The molecular formula is C17H22O5. The fraction of sp³-hybridized carbons (Fsp3) is 0.412. The number of methoxy groups -OCH3 is 3. The monoisotopic (exact) mass is 306 g/mol. The molecule has 0 bridgehead atoms. The number of hydrogen-bond donors (Lipinski definition) is 0. The minimum Gasteiger partial charge on any atom is -0.493 e. The standard InChI is InChI=1S/C17H22O5/c1-6-7-14(19)13(11(2)18)8-12-9-15(20-3)17(22-5)16(10-12)21-4/h8-10H,6-7H2,1-5H3. The van der Waals surface area contributed by atoms with Crippen LogP contribution in [-0.2, 0) is 9.59 Å². The van der Waals surface area contributed by atoms with E-state index in [9.17, 15) is 9.59 Å². The third-order valence-electron chi connectivity index (χ3n) is 3.15. The molecule has 0 atom stereocenters. The summed E-state index contributed by atoms with van der Waals surface area (Å²) in [6.45, 7) is 3.28. The van der Waals surface area contributed by atoms with Crippen LogP contribution < -0.4 is 14.2 Å². The van der Waals surface area contributed by atoms with Crippen LogP contribution >= 0.6 is 0 Å². The van der Waals surface area contributed by atoms with E-state index in [0.717, 1.165) is 0 Å². The van der Waals surface area contributed by atoms with Crippen LogP contribution in [0.1, 0.15) is 32.3 Å². The summed E-state index contributed by atoms with van der Waals surface area (Å²) in [7, 11) is 4.54. The maximum absolute atomic E-state index is 12.0. The Hall–Kier alpha value is -2.30. The van der Waals surface area contributed by atoms with Crippen LogP contribution in [0.4, 0.5) is 0 Å². The smallest absolute Gasteiger partial charge is 0.203 e. The van der Waals surface area contributed by atoms with Crippen LogP contribution in [0, 0.1) is 0 Å². The van der Waals surface area contributed by atoms with Crippen molar-refractivity contribution in [1.29, 1.82) is 0 Å². The number of allylic oxidation sites excluding steroid dienone is 1. The average Bonchev–Trinajstić information content (AvgIpc) is 2.51. The van der Waals surface area contributed by atoms with Gasteiger partial charge in [0.1, 0.15) is 0 Å². The lowest BCUT2D eigenvalue weighted by Gasteiger charge is -2.13. The molecule has 0 amide bonds. The minimum atomic E-state index is -0.257. The molecule has 120 valence electrons. The van der Waals surface area contributed by atoms with Gasteiger partial charge in [0, 0.05) is 6.42 Å². The first kappa shape index (κ1) is 17.8. The van der Waals surface area contributed by atoms with Gasteiger partial charge in [0.2, 0.25) is 5.75 Å². The highest BCUT2D eigenvalue weighted by atomic mass is 16.5. The summed E-state index contributed by atoms with van der Waals surface area (Å²) >= 11 is 0. The Morgan fingerprint density at radius 2 is 1.59 bits per heavy atom. The zero-order chi connectivity index (χ0) is 16.7. The number of carbonyl (C=O) groups excluding carboxylic acids is 2. The summed E-state index contributed by atoms with van der Waals surface area (Å²) in [6, 6.07) is 3.40. The van der Waals surface area contributed by atoms with E-state index in [1.54, 1.807) is 18.2 Å². The zero-order valence-electron chi connectivity index (χ0n) is 13.7. The summed E-state index contributed by atoms with van der Waals surface area (Å²) in [4.78, 5) is 23.8. The van der Waals surface area contributed by atoms with Gasteiger partial charge >= 0.3 is 0 Å². The third-order valence-corrected chi connectivity index (χ3v) is 3.15. The number of ketones is 2. The van der Waals surface area contributed by atoms with Crippen LogP contribution in [0.15, 0.2) is 17.7 Å². The largest absolute Gasteiger partial charge is 0.493 e. The van der Waals surface area contributed by atoms with Crippen LogP contribution in [0.25, 0.3) is 6.08 Å². The summed E-state index contributed by atoms with van der Waals surface area (Å²) < 4.78 is 15.8. The molecule has 22 heavy (non-hydrogen) atoms. The number of benzene rings is 1. The van der Waals surface area contributed by atoms with E-state index in [-0.39, 0.29) is 17.1 Å². The molecule has 0 spiro atoms. The highest BCUT2D eigenvalue weighted by molar-refractivity contribution is 6.22. The normalized spacial score (nSPS) is 11.0. The summed E-state index contributed by atoms with van der Waals surface area (Å²) in [5, 5.41) is 0. The number of carbonyl (C=O) groups is 2. The van der Waals surface area contributed by atoms with Crippen molar-refractivity contribution in [3.63, 3.8) is 0 Å². The van der Waals surface area contributed by atoms with E-state index in [2.05, 4.69) is 0 Å². The van der Waals surface area contributed by atoms with Gasteiger partial charge in [-0.25, -0.2) is 0 Å². The highest BCUT2D eigenvalue weighted by Gasteiger charge is 2.16. The van der Waals surface area contributed by atoms with Crippen molar-refractivity contribution >= 4 is 17.6 Å². The van der Waals surface area contributed by atoms with E-state index < -0.39 is 0 Å². The molecule has 5 heteroatoms. The van der Waals surface area contributed by atoms with Gasteiger partial charge in [-0.2, -0.15) is 0 Å². The van der Waals surface area contributed by atoms with Crippen LogP contribution in [0.5, 0.6) is 17.2 Å². The molecule has 0 unspecified atom stereocenters.